The zero-order valence-corrected chi connectivity index (χ0v) is 19.6. The number of nitrogens with one attached hydrogen (secondary N) is 3. The Balaban J connectivity index is 1.64. The lowest BCUT2D eigenvalue weighted by molar-refractivity contribution is 0.0782. The Morgan fingerprint density at radius 3 is 2.73 bits per heavy atom. The van der Waals surface area contributed by atoms with Crippen LogP contribution in [-0.2, 0) is 0 Å². The van der Waals surface area contributed by atoms with E-state index < -0.39 is 30.4 Å². The van der Waals surface area contributed by atoms with E-state index in [-0.39, 0.29) is 23.0 Å². The third-order valence-electron chi connectivity index (χ3n) is 4.47. The lowest BCUT2D eigenvalue weighted by Gasteiger charge is -2.21. The number of amides is 1. The van der Waals surface area contributed by atoms with Crippen molar-refractivity contribution < 1.29 is 18.3 Å². The van der Waals surface area contributed by atoms with E-state index in [2.05, 4.69) is 46.5 Å². The van der Waals surface area contributed by atoms with Crippen molar-refractivity contribution in [3.05, 3.63) is 51.6 Å². The number of halogens is 5. The number of H-pyrrole nitrogens is 1. The number of aliphatic imine (C=N–C) groups is 1. The Hall–Kier alpha value is -2.76. The molecule has 33 heavy (non-hydrogen) atoms. The number of alkyl halides is 3. The van der Waals surface area contributed by atoms with Crippen LogP contribution in [0, 0.1) is 0 Å². The van der Waals surface area contributed by atoms with Crippen LogP contribution in [0.4, 0.5) is 20.4 Å². The summed E-state index contributed by atoms with van der Waals surface area (Å²) in [6, 6.07) is 7.78. The SMILES string of the molecule is O=C(Nc1ccc(Br)cc1)c1cc2[nH]c(NC3C(Cl)=CN=CC3Cl)nc2nc1OCC(F)F. The molecule has 0 aliphatic carbocycles. The van der Waals surface area contributed by atoms with Gasteiger partial charge in [-0.05, 0) is 30.3 Å². The molecular weight excluding hydrogens is 545 g/mol. The van der Waals surface area contributed by atoms with E-state index in [1.54, 1.807) is 24.3 Å². The van der Waals surface area contributed by atoms with E-state index in [1.165, 1.54) is 18.5 Å². The number of aromatic amines is 1. The van der Waals surface area contributed by atoms with E-state index in [1.807, 2.05) is 0 Å². The van der Waals surface area contributed by atoms with Gasteiger partial charge in [-0.25, -0.2) is 8.78 Å². The zero-order chi connectivity index (χ0) is 23.5. The number of pyridine rings is 1. The number of hydrogen-bond acceptors (Lipinski definition) is 6. The van der Waals surface area contributed by atoms with Crippen LogP contribution in [0.3, 0.4) is 0 Å². The molecule has 0 fully saturated rings. The first-order chi connectivity index (χ1) is 15.8. The molecule has 172 valence electrons. The number of fused-ring (bicyclic) bond motifs is 1. The fourth-order valence-corrected chi connectivity index (χ4v) is 3.79. The Morgan fingerprint density at radius 1 is 1.27 bits per heavy atom. The first-order valence-corrected chi connectivity index (χ1v) is 11.1. The number of nitrogens with zero attached hydrogens (tertiary/aromatic N) is 3. The predicted octanol–water partition coefficient (Wildman–Crippen LogP) is 5.17. The average molecular weight is 560 g/mol. The van der Waals surface area contributed by atoms with Gasteiger partial charge >= 0.3 is 0 Å². The summed E-state index contributed by atoms with van der Waals surface area (Å²) in [6.45, 7) is -0.928. The topological polar surface area (TPSA) is 104 Å². The maximum absolute atomic E-state index is 12.9. The quantitative estimate of drug-likeness (QED) is 0.346. The standard InChI is InChI=1S/C20H15BrCl2F2N6O2/c21-9-1-3-10(4-2-9)27-18(32)11-5-14-17(30-19(11)33-8-15(24)25)31-20(28-14)29-16-12(22)6-26-7-13(16)23/h1-7,12,15-16H,8H2,(H,27,32)(H2,28,29,30,31). The summed E-state index contributed by atoms with van der Waals surface area (Å²) in [5.74, 6) is -0.593. The Labute approximate surface area is 204 Å². The molecule has 1 aromatic carbocycles. The summed E-state index contributed by atoms with van der Waals surface area (Å²) < 4.78 is 31.5. The molecule has 1 aliphatic heterocycles. The van der Waals surface area contributed by atoms with Crippen LogP contribution in [0.2, 0.25) is 0 Å². The van der Waals surface area contributed by atoms with Gasteiger partial charge in [-0.15, -0.1) is 11.6 Å². The van der Waals surface area contributed by atoms with Gasteiger partial charge in [0.15, 0.2) is 12.3 Å². The Morgan fingerprint density at radius 2 is 2.03 bits per heavy atom. The second-order valence-electron chi connectivity index (χ2n) is 6.84. The minimum absolute atomic E-state index is 0.0424. The van der Waals surface area contributed by atoms with Crippen molar-refractivity contribution in [3.8, 4) is 5.88 Å². The van der Waals surface area contributed by atoms with Crippen molar-refractivity contribution in [1.82, 2.24) is 15.0 Å². The van der Waals surface area contributed by atoms with Crippen LogP contribution >= 0.6 is 39.1 Å². The van der Waals surface area contributed by atoms with Gasteiger partial charge in [0.25, 0.3) is 12.3 Å². The van der Waals surface area contributed by atoms with Crippen molar-refractivity contribution in [3.63, 3.8) is 0 Å². The van der Waals surface area contributed by atoms with Crippen molar-refractivity contribution in [2.75, 3.05) is 17.2 Å². The molecule has 0 saturated heterocycles. The molecular formula is C20H15BrCl2F2N6O2. The molecule has 2 aromatic heterocycles. The summed E-state index contributed by atoms with van der Waals surface area (Å²) in [6.07, 6.45) is 0.232. The van der Waals surface area contributed by atoms with E-state index in [9.17, 15) is 13.6 Å². The zero-order valence-electron chi connectivity index (χ0n) is 16.5. The number of imidazole rings is 1. The van der Waals surface area contributed by atoms with Gasteiger partial charge in [-0.2, -0.15) is 9.97 Å². The Bertz CT molecular complexity index is 1240. The van der Waals surface area contributed by atoms with Crippen LogP contribution in [0.5, 0.6) is 5.88 Å². The van der Waals surface area contributed by atoms with E-state index >= 15 is 0 Å². The number of benzene rings is 1. The molecule has 13 heteroatoms. The molecule has 8 nitrogen and oxygen atoms in total. The number of carbonyl (C=O) groups is 1. The maximum Gasteiger partial charge on any atom is 0.272 e. The minimum atomic E-state index is -2.75. The summed E-state index contributed by atoms with van der Waals surface area (Å²) in [4.78, 5) is 28.2. The van der Waals surface area contributed by atoms with E-state index in [0.717, 1.165) is 4.47 Å². The smallest absolute Gasteiger partial charge is 0.272 e. The molecule has 0 spiro atoms. The first-order valence-electron chi connectivity index (χ1n) is 9.48. The van der Waals surface area contributed by atoms with Crippen molar-refractivity contribution in [1.29, 1.82) is 0 Å². The van der Waals surface area contributed by atoms with Crippen LogP contribution in [-0.4, -0.2) is 51.5 Å². The molecule has 1 aliphatic rings. The first kappa shape index (κ1) is 23.4. The third kappa shape index (κ3) is 5.60. The second kappa shape index (κ2) is 10.0. The number of carbonyl (C=O) groups excluding carboxylic acids is 1. The Kier molecular flexibility index (Phi) is 7.11. The van der Waals surface area contributed by atoms with Gasteiger partial charge in [-0.3, -0.25) is 9.79 Å². The summed E-state index contributed by atoms with van der Waals surface area (Å²) in [5.41, 5.74) is 0.985. The minimum Gasteiger partial charge on any atom is -0.471 e. The maximum atomic E-state index is 12.9. The van der Waals surface area contributed by atoms with Crippen LogP contribution < -0.4 is 15.4 Å². The number of rotatable bonds is 7. The normalized spacial score (nSPS) is 17.8. The molecule has 2 unspecified atom stereocenters. The highest BCUT2D eigenvalue weighted by Crippen LogP contribution is 2.27. The van der Waals surface area contributed by atoms with Crippen molar-refractivity contribution >= 4 is 74.1 Å². The molecule has 0 bridgehead atoms. The van der Waals surface area contributed by atoms with E-state index in [4.69, 9.17) is 27.9 Å². The van der Waals surface area contributed by atoms with Gasteiger partial charge in [0.1, 0.15) is 5.56 Å². The van der Waals surface area contributed by atoms with Gasteiger partial charge in [0.05, 0.1) is 22.0 Å². The van der Waals surface area contributed by atoms with Gasteiger partial charge in [0, 0.05) is 22.6 Å². The molecule has 3 N–H and O–H groups in total. The fourth-order valence-electron chi connectivity index (χ4n) is 2.95. The highest BCUT2D eigenvalue weighted by Gasteiger charge is 2.25. The molecule has 0 saturated carbocycles. The van der Waals surface area contributed by atoms with Crippen LogP contribution in [0.25, 0.3) is 11.2 Å². The second-order valence-corrected chi connectivity index (χ2v) is 8.70. The number of hydrogen-bond donors (Lipinski definition) is 3. The summed E-state index contributed by atoms with van der Waals surface area (Å²) in [7, 11) is 0. The highest BCUT2D eigenvalue weighted by atomic mass is 79.9. The predicted molar refractivity (Wildman–Crippen MR) is 127 cm³/mol. The number of ether oxygens (including phenoxy) is 1. The van der Waals surface area contributed by atoms with E-state index in [0.29, 0.717) is 16.2 Å². The molecule has 2 atom stereocenters. The van der Waals surface area contributed by atoms with Crippen molar-refractivity contribution in [2.24, 2.45) is 4.99 Å². The molecule has 3 aromatic rings. The largest absolute Gasteiger partial charge is 0.471 e. The van der Waals surface area contributed by atoms with Gasteiger partial charge in [-0.1, -0.05) is 27.5 Å². The average Bonchev–Trinajstić information content (AvgIpc) is 3.17. The molecule has 4 rings (SSSR count). The summed E-state index contributed by atoms with van der Waals surface area (Å²) >= 11 is 15.7. The van der Waals surface area contributed by atoms with Crippen LogP contribution in [0.1, 0.15) is 10.4 Å². The number of aromatic nitrogens is 3. The third-order valence-corrected chi connectivity index (χ3v) is 5.69. The lowest BCUT2D eigenvalue weighted by atomic mass is 10.2. The monoisotopic (exact) mass is 558 g/mol. The fraction of sp³-hybridized carbons (Fsp3) is 0.200. The van der Waals surface area contributed by atoms with Gasteiger partial charge < -0.3 is 20.4 Å². The molecule has 3 heterocycles. The number of anilines is 2. The lowest BCUT2D eigenvalue weighted by Crippen LogP contribution is -2.33. The van der Waals surface area contributed by atoms with Gasteiger partial charge in [0.2, 0.25) is 11.8 Å². The summed E-state index contributed by atoms with van der Waals surface area (Å²) in [5, 5.41) is 5.57. The highest BCUT2D eigenvalue weighted by molar-refractivity contribution is 9.10. The van der Waals surface area contributed by atoms with Crippen LogP contribution in [0.15, 0.2) is 51.0 Å². The van der Waals surface area contributed by atoms with Crippen molar-refractivity contribution in [2.45, 2.75) is 17.8 Å². The molecule has 1 amide bonds. The molecule has 0 radical (unpaired) electrons.